The second kappa shape index (κ2) is 4.36. The monoisotopic (exact) mass is 258 g/mol. The van der Waals surface area contributed by atoms with Gasteiger partial charge in [-0.15, -0.1) is 0 Å². The van der Waals surface area contributed by atoms with Crippen LogP contribution >= 0.6 is 0 Å². The fourth-order valence-corrected chi connectivity index (χ4v) is 3.01. The number of halogens is 1. The molecule has 0 bridgehead atoms. The third-order valence-corrected chi connectivity index (χ3v) is 4.82. The van der Waals surface area contributed by atoms with Gasteiger partial charge in [0.25, 0.3) is 10.2 Å². The van der Waals surface area contributed by atoms with Crippen LogP contribution in [0.5, 0.6) is 0 Å². The zero-order valence-corrected chi connectivity index (χ0v) is 10.7. The number of benzene rings is 1. The van der Waals surface area contributed by atoms with Crippen molar-refractivity contribution in [1.29, 1.82) is 0 Å². The molecule has 1 aromatic rings. The largest absolute Gasteiger partial charge is 0.281 e. The Labute approximate surface area is 101 Å². The lowest BCUT2D eigenvalue weighted by Crippen LogP contribution is -2.42. The predicted molar refractivity (Wildman–Crippen MR) is 63.1 cm³/mol. The van der Waals surface area contributed by atoms with E-state index in [1.165, 1.54) is 34.8 Å². The van der Waals surface area contributed by atoms with Crippen LogP contribution in [0.15, 0.2) is 18.2 Å². The van der Waals surface area contributed by atoms with Gasteiger partial charge in [-0.3, -0.25) is 0 Å². The second-order valence-electron chi connectivity index (χ2n) is 4.29. The molecule has 1 aliphatic heterocycles. The molecule has 0 saturated carbocycles. The van der Waals surface area contributed by atoms with E-state index in [2.05, 4.69) is 0 Å². The van der Waals surface area contributed by atoms with Crippen molar-refractivity contribution in [2.24, 2.45) is 0 Å². The third kappa shape index (κ3) is 2.34. The van der Waals surface area contributed by atoms with E-state index in [1.807, 2.05) is 0 Å². The Morgan fingerprint density at radius 1 is 1.29 bits per heavy atom. The van der Waals surface area contributed by atoms with E-state index in [0.29, 0.717) is 13.0 Å². The molecular weight excluding hydrogens is 243 g/mol. The first-order valence-corrected chi connectivity index (χ1v) is 6.76. The molecule has 17 heavy (non-hydrogen) atoms. The molecule has 0 saturated heterocycles. The Bertz CT molecular complexity index is 528. The molecule has 4 nitrogen and oxygen atoms in total. The maximum absolute atomic E-state index is 13.1. The van der Waals surface area contributed by atoms with Gasteiger partial charge >= 0.3 is 0 Å². The third-order valence-electron chi connectivity index (χ3n) is 2.93. The minimum Gasteiger partial charge on any atom is -0.207 e. The number of hydrogen-bond acceptors (Lipinski definition) is 2. The summed E-state index contributed by atoms with van der Waals surface area (Å²) in [6, 6.07) is 4.55. The first-order valence-electron chi connectivity index (χ1n) is 5.36. The van der Waals surface area contributed by atoms with Crippen LogP contribution in [0.25, 0.3) is 0 Å². The highest BCUT2D eigenvalue weighted by Crippen LogP contribution is 2.22. The van der Waals surface area contributed by atoms with Crippen LogP contribution in [-0.4, -0.2) is 37.7 Å². The lowest BCUT2D eigenvalue weighted by atomic mass is 10.0. The van der Waals surface area contributed by atoms with Crippen LogP contribution in [0.1, 0.15) is 11.1 Å². The van der Waals surface area contributed by atoms with Gasteiger partial charge in [-0.05, 0) is 29.7 Å². The highest BCUT2D eigenvalue weighted by atomic mass is 32.2. The van der Waals surface area contributed by atoms with E-state index < -0.39 is 10.2 Å². The van der Waals surface area contributed by atoms with E-state index >= 15 is 0 Å². The molecule has 0 unspecified atom stereocenters. The van der Waals surface area contributed by atoms with Gasteiger partial charge in [0, 0.05) is 27.2 Å². The van der Waals surface area contributed by atoms with Gasteiger partial charge in [0.1, 0.15) is 5.82 Å². The molecule has 0 N–H and O–H groups in total. The number of fused-ring (bicyclic) bond motifs is 1. The highest BCUT2D eigenvalue weighted by Gasteiger charge is 2.28. The summed E-state index contributed by atoms with van der Waals surface area (Å²) in [6.07, 6.45) is 0.628. The summed E-state index contributed by atoms with van der Waals surface area (Å²) in [7, 11) is -0.418. The summed E-state index contributed by atoms with van der Waals surface area (Å²) in [6.45, 7) is 0.687. The Morgan fingerprint density at radius 3 is 2.65 bits per heavy atom. The van der Waals surface area contributed by atoms with E-state index in [0.717, 1.165) is 11.1 Å². The fourth-order valence-electron chi connectivity index (χ4n) is 1.93. The zero-order valence-electron chi connectivity index (χ0n) is 9.85. The van der Waals surface area contributed by atoms with E-state index in [9.17, 15) is 12.8 Å². The van der Waals surface area contributed by atoms with Gasteiger partial charge < -0.3 is 0 Å². The first kappa shape index (κ1) is 12.5. The summed E-state index contributed by atoms with van der Waals surface area (Å²) in [5, 5.41) is 0. The molecule has 0 aromatic heterocycles. The van der Waals surface area contributed by atoms with Crippen molar-refractivity contribution >= 4 is 10.2 Å². The van der Waals surface area contributed by atoms with Gasteiger partial charge in [0.2, 0.25) is 0 Å². The molecule has 0 radical (unpaired) electrons. The van der Waals surface area contributed by atoms with Crippen LogP contribution in [-0.2, 0) is 23.2 Å². The number of nitrogens with zero attached hydrogens (tertiary/aromatic N) is 2. The van der Waals surface area contributed by atoms with Gasteiger partial charge in [0.05, 0.1) is 0 Å². The summed E-state index contributed by atoms with van der Waals surface area (Å²) in [4.78, 5) is 0. The summed E-state index contributed by atoms with van der Waals surface area (Å²) >= 11 is 0. The van der Waals surface area contributed by atoms with Gasteiger partial charge in [0.15, 0.2) is 0 Å². The fraction of sp³-hybridized carbons (Fsp3) is 0.455. The van der Waals surface area contributed by atoms with E-state index in [-0.39, 0.29) is 12.4 Å². The lowest BCUT2D eigenvalue weighted by Gasteiger charge is -2.30. The van der Waals surface area contributed by atoms with Crippen LogP contribution in [0.4, 0.5) is 4.39 Å². The molecule has 0 amide bonds. The van der Waals surface area contributed by atoms with Gasteiger partial charge in [-0.1, -0.05) is 6.07 Å². The second-order valence-corrected chi connectivity index (χ2v) is 6.43. The maximum atomic E-state index is 13.1. The van der Waals surface area contributed by atoms with Crippen molar-refractivity contribution in [2.75, 3.05) is 20.6 Å². The SMILES string of the molecule is CN(C)S(=O)(=O)N1CCc2ccc(F)cc2C1. The Morgan fingerprint density at radius 2 is 2.00 bits per heavy atom. The topological polar surface area (TPSA) is 40.6 Å². The molecule has 0 atom stereocenters. The van der Waals surface area contributed by atoms with Crippen molar-refractivity contribution in [3.63, 3.8) is 0 Å². The van der Waals surface area contributed by atoms with Crippen molar-refractivity contribution in [2.45, 2.75) is 13.0 Å². The van der Waals surface area contributed by atoms with Crippen molar-refractivity contribution in [1.82, 2.24) is 8.61 Å². The molecular formula is C11H15FN2O2S. The van der Waals surface area contributed by atoms with Crippen LogP contribution in [0.3, 0.4) is 0 Å². The average molecular weight is 258 g/mol. The van der Waals surface area contributed by atoms with Crippen molar-refractivity contribution < 1.29 is 12.8 Å². The van der Waals surface area contributed by atoms with Crippen LogP contribution in [0, 0.1) is 5.82 Å². The summed E-state index contributed by atoms with van der Waals surface area (Å²) < 4.78 is 39.5. The number of rotatable bonds is 2. The van der Waals surface area contributed by atoms with E-state index in [4.69, 9.17) is 0 Å². The van der Waals surface area contributed by atoms with Gasteiger partial charge in [-0.25, -0.2) is 4.39 Å². The molecule has 1 aromatic carbocycles. The minimum absolute atomic E-state index is 0.244. The molecule has 0 fully saturated rings. The summed E-state index contributed by atoms with van der Waals surface area (Å²) in [5.74, 6) is -0.326. The maximum Gasteiger partial charge on any atom is 0.281 e. The lowest BCUT2D eigenvalue weighted by molar-refractivity contribution is 0.358. The quantitative estimate of drug-likeness (QED) is 0.793. The normalized spacial score (nSPS) is 17.2. The number of hydrogen-bond donors (Lipinski definition) is 0. The van der Waals surface area contributed by atoms with Crippen LogP contribution in [0.2, 0.25) is 0 Å². The van der Waals surface area contributed by atoms with E-state index in [1.54, 1.807) is 6.07 Å². The predicted octanol–water partition coefficient (Wildman–Crippen LogP) is 0.990. The highest BCUT2D eigenvalue weighted by molar-refractivity contribution is 7.86. The Balaban J connectivity index is 2.30. The Kier molecular flexibility index (Phi) is 3.20. The smallest absolute Gasteiger partial charge is 0.207 e. The molecule has 94 valence electrons. The average Bonchev–Trinajstić information content (AvgIpc) is 2.27. The Hall–Kier alpha value is -0.980. The molecule has 6 heteroatoms. The zero-order chi connectivity index (χ0) is 12.6. The first-order chi connectivity index (χ1) is 7.91. The summed E-state index contributed by atoms with van der Waals surface area (Å²) in [5.41, 5.74) is 1.78. The van der Waals surface area contributed by atoms with Crippen molar-refractivity contribution in [3.8, 4) is 0 Å². The molecule has 1 heterocycles. The van der Waals surface area contributed by atoms with Gasteiger partial charge in [-0.2, -0.15) is 17.0 Å². The molecule has 2 rings (SSSR count). The van der Waals surface area contributed by atoms with Crippen molar-refractivity contribution in [3.05, 3.63) is 35.1 Å². The standard InChI is InChI=1S/C11H15FN2O2S/c1-13(2)17(15,16)14-6-5-9-3-4-11(12)7-10(9)8-14/h3-4,7H,5-6,8H2,1-2H3. The van der Waals surface area contributed by atoms with Crippen LogP contribution < -0.4 is 0 Å². The molecule has 0 spiro atoms. The molecule has 1 aliphatic rings. The minimum atomic E-state index is -3.41. The molecule has 0 aliphatic carbocycles.